The highest BCUT2D eigenvalue weighted by molar-refractivity contribution is 7.89. The standard InChI is InChI=1S/C10H18FNO4S/c1-10(9(13)14)4-6-12(8-10)17(15,16)7-3-2-5-11/h2-8H2,1H3,(H,13,14). The molecule has 0 aliphatic carbocycles. The van der Waals surface area contributed by atoms with E-state index in [1.165, 1.54) is 4.31 Å². The van der Waals surface area contributed by atoms with Crippen LogP contribution in [0.3, 0.4) is 0 Å². The van der Waals surface area contributed by atoms with E-state index in [0.717, 1.165) is 0 Å². The summed E-state index contributed by atoms with van der Waals surface area (Å²) in [4.78, 5) is 11.0. The summed E-state index contributed by atoms with van der Waals surface area (Å²) in [6.07, 6.45) is 0.826. The van der Waals surface area contributed by atoms with Crippen molar-refractivity contribution in [2.75, 3.05) is 25.5 Å². The van der Waals surface area contributed by atoms with Gasteiger partial charge in [0.05, 0.1) is 17.8 Å². The number of nitrogens with zero attached hydrogens (tertiary/aromatic N) is 1. The number of carbonyl (C=O) groups is 1. The van der Waals surface area contributed by atoms with Crippen molar-refractivity contribution >= 4 is 16.0 Å². The van der Waals surface area contributed by atoms with Gasteiger partial charge in [-0.1, -0.05) is 0 Å². The number of aliphatic carboxylic acids is 1. The van der Waals surface area contributed by atoms with Crippen molar-refractivity contribution in [2.24, 2.45) is 5.41 Å². The predicted molar refractivity (Wildman–Crippen MR) is 60.9 cm³/mol. The number of hydrogen-bond donors (Lipinski definition) is 1. The summed E-state index contributed by atoms with van der Waals surface area (Å²) in [6, 6.07) is 0. The fraction of sp³-hybridized carbons (Fsp3) is 0.900. The van der Waals surface area contributed by atoms with E-state index in [-0.39, 0.29) is 31.7 Å². The van der Waals surface area contributed by atoms with Crippen molar-refractivity contribution < 1.29 is 22.7 Å². The number of sulfonamides is 1. The summed E-state index contributed by atoms with van der Waals surface area (Å²) in [6.45, 7) is 1.27. The van der Waals surface area contributed by atoms with Gasteiger partial charge >= 0.3 is 5.97 Å². The van der Waals surface area contributed by atoms with E-state index < -0.39 is 28.1 Å². The van der Waals surface area contributed by atoms with Crippen LogP contribution in [0.1, 0.15) is 26.2 Å². The molecule has 7 heteroatoms. The minimum absolute atomic E-state index is 0.0142. The van der Waals surface area contributed by atoms with E-state index in [0.29, 0.717) is 6.42 Å². The molecule has 1 N–H and O–H groups in total. The minimum atomic E-state index is -3.43. The molecule has 0 spiro atoms. The number of rotatable bonds is 6. The maximum absolute atomic E-state index is 11.9. The van der Waals surface area contributed by atoms with Crippen LogP contribution in [0.25, 0.3) is 0 Å². The monoisotopic (exact) mass is 267 g/mol. The molecule has 1 rings (SSSR count). The second-order valence-electron chi connectivity index (χ2n) is 4.66. The summed E-state index contributed by atoms with van der Waals surface area (Å²) in [7, 11) is -3.43. The molecule has 1 heterocycles. The maximum Gasteiger partial charge on any atom is 0.310 e. The summed E-state index contributed by atoms with van der Waals surface area (Å²) in [5, 5.41) is 9.00. The Labute approximate surface area is 101 Å². The van der Waals surface area contributed by atoms with Gasteiger partial charge in [0.1, 0.15) is 0 Å². The van der Waals surface area contributed by atoms with Crippen LogP contribution in [0.5, 0.6) is 0 Å². The minimum Gasteiger partial charge on any atom is -0.481 e. The van der Waals surface area contributed by atoms with Gasteiger partial charge in [-0.25, -0.2) is 12.7 Å². The number of halogens is 1. The SMILES string of the molecule is CC1(C(=O)O)CCN(S(=O)(=O)CCCCF)C1. The molecular weight excluding hydrogens is 249 g/mol. The first kappa shape index (κ1) is 14.4. The quantitative estimate of drug-likeness (QED) is 0.724. The topological polar surface area (TPSA) is 74.7 Å². The Morgan fingerprint density at radius 1 is 1.47 bits per heavy atom. The molecule has 17 heavy (non-hydrogen) atoms. The molecule has 0 radical (unpaired) electrons. The largest absolute Gasteiger partial charge is 0.481 e. The Morgan fingerprint density at radius 3 is 2.59 bits per heavy atom. The molecule has 1 fully saturated rings. The molecule has 0 amide bonds. The molecule has 0 saturated carbocycles. The molecule has 1 aliphatic heterocycles. The second-order valence-corrected chi connectivity index (χ2v) is 6.75. The fourth-order valence-electron chi connectivity index (χ4n) is 1.84. The second kappa shape index (κ2) is 5.30. The average molecular weight is 267 g/mol. The van der Waals surface area contributed by atoms with Gasteiger partial charge in [-0.3, -0.25) is 9.18 Å². The van der Waals surface area contributed by atoms with Crippen LogP contribution >= 0.6 is 0 Å². The summed E-state index contributed by atoms with van der Waals surface area (Å²) in [5.41, 5.74) is -0.993. The third-order valence-corrected chi connectivity index (χ3v) is 5.04. The van der Waals surface area contributed by atoms with Gasteiger partial charge in [0.15, 0.2) is 0 Å². The van der Waals surface area contributed by atoms with E-state index in [1.54, 1.807) is 6.92 Å². The highest BCUT2D eigenvalue weighted by atomic mass is 32.2. The zero-order valence-corrected chi connectivity index (χ0v) is 10.7. The Morgan fingerprint density at radius 2 is 2.12 bits per heavy atom. The van der Waals surface area contributed by atoms with Crippen LogP contribution < -0.4 is 0 Å². The van der Waals surface area contributed by atoms with Crippen LogP contribution in [0.15, 0.2) is 0 Å². The molecular formula is C10H18FNO4S. The van der Waals surface area contributed by atoms with Gasteiger partial charge in [0.25, 0.3) is 0 Å². The molecule has 0 aromatic heterocycles. The molecule has 1 saturated heterocycles. The third-order valence-electron chi connectivity index (χ3n) is 3.13. The molecule has 100 valence electrons. The molecule has 0 aromatic carbocycles. The van der Waals surface area contributed by atoms with Crippen LogP contribution in [0.2, 0.25) is 0 Å². The van der Waals surface area contributed by atoms with Crippen molar-refractivity contribution in [2.45, 2.75) is 26.2 Å². The molecule has 1 unspecified atom stereocenters. The molecule has 0 aromatic rings. The lowest BCUT2D eigenvalue weighted by Crippen LogP contribution is -2.36. The predicted octanol–water partition coefficient (Wildman–Crippen LogP) is 0.862. The van der Waals surface area contributed by atoms with Gasteiger partial charge in [0, 0.05) is 13.1 Å². The fourth-order valence-corrected chi connectivity index (χ4v) is 3.52. The first-order valence-corrected chi connectivity index (χ1v) is 7.20. The van der Waals surface area contributed by atoms with E-state index in [1.807, 2.05) is 0 Å². The van der Waals surface area contributed by atoms with Crippen molar-refractivity contribution in [1.82, 2.24) is 4.31 Å². The van der Waals surface area contributed by atoms with Crippen LogP contribution in [0.4, 0.5) is 4.39 Å². The number of hydrogen-bond acceptors (Lipinski definition) is 3. The van der Waals surface area contributed by atoms with Gasteiger partial charge in [-0.05, 0) is 26.2 Å². The summed E-state index contributed by atoms with van der Waals surface area (Å²) < 4.78 is 36.8. The smallest absolute Gasteiger partial charge is 0.310 e. The molecule has 0 bridgehead atoms. The lowest BCUT2D eigenvalue weighted by molar-refractivity contribution is -0.146. The van der Waals surface area contributed by atoms with Crippen molar-refractivity contribution in [3.05, 3.63) is 0 Å². The van der Waals surface area contributed by atoms with E-state index >= 15 is 0 Å². The lowest BCUT2D eigenvalue weighted by atomic mass is 9.90. The zero-order valence-electron chi connectivity index (χ0n) is 9.86. The first-order chi connectivity index (χ1) is 7.82. The van der Waals surface area contributed by atoms with Gasteiger partial charge in [-0.15, -0.1) is 0 Å². The highest BCUT2D eigenvalue weighted by Crippen LogP contribution is 2.31. The van der Waals surface area contributed by atoms with E-state index in [9.17, 15) is 17.6 Å². The van der Waals surface area contributed by atoms with Crippen molar-refractivity contribution in [3.8, 4) is 0 Å². The Kier molecular flexibility index (Phi) is 4.48. The van der Waals surface area contributed by atoms with Gasteiger partial charge in [-0.2, -0.15) is 0 Å². The molecule has 5 nitrogen and oxygen atoms in total. The van der Waals surface area contributed by atoms with E-state index in [4.69, 9.17) is 5.11 Å². The Bertz CT molecular complexity index is 384. The van der Waals surface area contributed by atoms with Crippen molar-refractivity contribution in [3.63, 3.8) is 0 Å². The molecule has 1 aliphatic rings. The Balaban J connectivity index is 2.61. The third kappa shape index (κ3) is 3.38. The average Bonchev–Trinajstić information content (AvgIpc) is 2.63. The summed E-state index contributed by atoms with van der Waals surface area (Å²) in [5.74, 6) is -1.08. The van der Waals surface area contributed by atoms with Crippen LogP contribution in [-0.2, 0) is 14.8 Å². The number of carboxylic acid groups (broad SMARTS) is 1. The highest BCUT2D eigenvalue weighted by Gasteiger charge is 2.44. The van der Waals surface area contributed by atoms with Crippen molar-refractivity contribution in [1.29, 1.82) is 0 Å². The first-order valence-electron chi connectivity index (χ1n) is 5.59. The summed E-state index contributed by atoms with van der Waals surface area (Å²) >= 11 is 0. The molecule has 1 atom stereocenters. The van der Waals surface area contributed by atoms with Crippen LogP contribution in [0, 0.1) is 5.41 Å². The Hall–Kier alpha value is -0.690. The zero-order chi connectivity index (χ0) is 13.1. The van der Waals surface area contributed by atoms with Gasteiger partial charge < -0.3 is 5.11 Å². The normalized spacial score (nSPS) is 26.2. The van der Waals surface area contributed by atoms with Crippen LogP contribution in [-0.4, -0.2) is 49.3 Å². The van der Waals surface area contributed by atoms with Gasteiger partial charge in [0.2, 0.25) is 10.0 Å². The lowest BCUT2D eigenvalue weighted by Gasteiger charge is -2.19. The maximum atomic E-state index is 11.9. The number of carboxylic acids is 1. The number of alkyl halides is 1. The number of unbranched alkanes of at least 4 members (excludes halogenated alkanes) is 1. The van der Waals surface area contributed by atoms with E-state index in [2.05, 4.69) is 0 Å².